The first kappa shape index (κ1) is 22.7. The van der Waals surface area contributed by atoms with Gasteiger partial charge in [-0.1, -0.05) is 42.0 Å². The highest BCUT2D eigenvalue weighted by Crippen LogP contribution is 2.33. The molecule has 0 aliphatic heterocycles. The van der Waals surface area contributed by atoms with Gasteiger partial charge in [0.1, 0.15) is 10.7 Å². The quantitative estimate of drug-likeness (QED) is 0.498. The van der Waals surface area contributed by atoms with Crippen LogP contribution in [0.1, 0.15) is 39.1 Å². The number of hydrogen-bond donors (Lipinski definition) is 1. The third-order valence-corrected chi connectivity index (χ3v) is 5.21. The smallest absolute Gasteiger partial charge is 0.416 e. The molecule has 2 N–H and O–H groups in total. The largest absolute Gasteiger partial charge is 0.437 e. The Bertz CT molecular complexity index is 1130. The van der Waals surface area contributed by atoms with Crippen LogP contribution in [0, 0.1) is 20.8 Å². The van der Waals surface area contributed by atoms with Crippen LogP contribution < -0.4 is 10.5 Å². The van der Waals surface area contributed by atoms with Gasteiger partial charge in [0.2, 0.25) is 5.88 Å². The summed E-state index contributed by atoms with van der Waals surface area (Å²) >= 11 is 5.22. The summed E-state index contributed by atoms with van der Waals surface area (Å²) in [6.07, 6.45) is -3.19. The van der Waals surface area contributed by atoms with E-state index in [1.807, 2.05) is 6.92 Å². The van der Waals surface area contributed by atoms with Gasteiger partial charge in [0, 0.05) is 0 Å². The second-order valence-electron chi connectivity index (χ2n) is 7.37. The highest BCUT2D eigenvalue weighted by molar-refractivity contribution is 7.80. The minimum atomic E-state index is -4.48. The van der Waals surface area contributed by atoms with Crippen molar-refractivity contribution in [3.8, 4) is 11.6 Å². The highest BCUT2D eigenvalue weighted by atomic mass is 32.1. The molecule has 3 aromatic rings. The van der Waals surface area contributed by atoms with Crippen molar-refractivity contribution in [3.05, 3.63) is 81.5 Å². The van der Waals surface area contributed by atoms with Crippen LogP contribution >= 0.6 is 12.2 Å². The fourth-order valence-electron chi connectivity index (χ4n) is 3.41. The SMILES string of the molecule is Cc1ccc(CCc2c(C)nnc(Oc3cccc(C(F)(F)F)c3)c2C(N)=S)c(C)c1. The van der Waals surface area contributed by atoms with Gasteiger partial charge in [-0.15, -0.1) is 5.10 Å². The van der Waals surface area contributed by atoms with E-state index in [0.717, 1.165) is 24.1 Å². The van der Waals surface area contributed by atoms with Gasteiger partial charge in [0.05, 0.1) is 16.8 Å². The van der Waals surface area contributed by atoms with Crippen molar-refractivity contribution in [1.82, 2.24) is 10.2 Å². The van der Waals surface area contributed by atoms with Crippen molar-refractivity contribution < 1.29 is 17.9 Å². The lowest BCUT2D eigenvalue weighted by molar-refractivity contribution is -0.137. The molecule has 0 radical (unpaired) electrons. The lowest BCUT2D eigenvalue weighted by Gasteiger charge is -2.16. The van der Waals surface area contributed by atoms with Gasteiger partial charge in [-0.3, -0.25) is 0 Å². The van der Waals surface area contributed by atoms with E-state index < -0.39 is 11.7 Å². The van der Waals surface area contributed by atoms with Crippen LogP contribution in [0.2, 0.25) is 0 Å². The molecule has 0 fully saturated rings. The van der Waals surface area contributed by atoms with E-state index in [1.165, 1.54) is 28.8 Å². The van der Waals surface area contributed by atoms with E-state index in [0.29, 0.717) is 17.7 Å². The average Bonchev–Trinajstić information content (AvgIpc) is 2.68. The molecule has 0 saturated heterocycles. The van der Waals surface area contributed by atoms with Crippen LogP contribution in [0.25, 0.3) is 0 Å². The molecule has 0 amide bonds. The van der Waals surface area contributed by atoms with Gasteiger partial charge < -0.3 is 10.5 Å². The predicted octanol–water partition coefficient (Wildman–Crippen LogP) is 5.63. The van der Waals surface area contributed by atoms with E-state index in [-0.39, 0.29) is 16.6 Å². The normalized spacial score (nSPS) is 11.4. The first-order chi connectivity index (χ1) is 14.6. The molecule has 0 atom stereocenters. The molecule has 1 heterocycles. The molecule has 0 saturated carbocycles. The summed E-state index contributed by atoms with van der Waals surface area (Å²) in [6.45, 7) is 5.88. The number of halogens is 3. The van der Waals surface area contributed by atoms with Gasteiger partial charge in [-0.05, 0) is 68.5 Å². The Morgan fingerprint density at radius 2 is 1.77 bits per heavy atom. The summed E-state index contributed by atoms with van der Waals surface area (Å²) in [4.78, 5) is 0.0515. The molecule has 0 bridgehead atoms. The Morgan fingerprint density at radius 1 is 1.03 bits per heavy atom. The first-order valence-corrected chi connectivity index (χ1v) is 10.0. The standard InChI is InChI=1S/C23H22F3N3OS/c1-13-7-8-16(14(2)11-13)9-10-19-15(3)28-29-22(20(19)21(27)31)30-18-6-4-5-17(12-18)23(24,25)26/h4-8,11-12H,9-10H2,1-3H3,(H2,27,31). The zero-order valence-corrected chi connectivity index (χ0v) is 18.2. The monoisotopic (exact) mass is 445 g/mol. The van der Waals surface area contributed by atoms with Crippen molar-refractivity contribution in [2.75, 3.05) is 0 Å². The molecule has 0 spiro atoms. The summed E-state index contributed by atoms with van der Waals surface area (Å²) in [5, 5.41) is 8.14. The number of alkyl halides is 3. The molecular weight excluding hydrogens is 423 g/mol. The average molecular weight is 446 g/mol. The second-order valence-corrected chi connectivity index (χ2v) is 7.81. The van der Waals surface area contributed by atoms with E-state index in [1.54, 1.807) is 6.92 Å². The lowest BCUT2D eigenvalue weighted by Crippen LogP contribution is -2.17. The minimum absolute atomic E-state index is 0.00643. The van der Waals surface area contributed by atoms with Gasteiger partial charge in [0.15, 0.2) is 0 Å². The Kier molecular flexibility index (Phi) is 6.59. The van der Waals surface area contributed by atoms with Crippen LogP contribution in [0.5, 0.6) is 11.6 Å². The highest BCUT2D eigenvalue weighted by Gasteiger charge is 2.31. The maximum Gasteiger partial charge on any atom is 0.416 e. The van der Waals surface area contributed by atoms with Gasteiger partial charge >= 0.3 is 6.18 Å². The summed E-state index contributed by atoms with van der Waals surface area (Å²) in [5.41, 5.74) is 10.5. The van der Waals surface area contributed by atoms with Crippen LogP contribution in [0.15, 0.2) is 42.5 Å². The Balaban J connectivity index is 1.95. The number of aromatic nitrogens is 2. The molecule has 162 valence electrons. The van der Waals surface area contributed by atoms with Gasteiger partial charge in [0.25, 0.3) is 0 Å². The topological polar surface area (TPSA) is 61.0 Å². The minimum Gasteiger partial charge on any atom is -0.437 e. The van der Waals surface area contributed by atoms with Crippen molar-refractivity contribution in [1.29, 1.82) is 0 Å². The predicted molar refractivity (Wildman–Crippen MR) is 117 cm³/mol. The summed E-state index contributed by atoms with van der Waals surface area (Å²) in [7, 11) is 0. The molecule has 1 aromatic heterocycles. The number of aryl methyl sites for hydroxylation is 4. The number of thiocarbonyl (C=S) groups is 1. The summed E-state index contributed by atoms with van der Waals surface area (Å²) in [6, 6.07) is 10.8. The molecule has 0 unspecified atom stereocenters. The van der Waals surface area contributed by atoms with Crippen molar-refractivity contribution in [3.63, 3.8) is 0 Å². The zero-order valence-electron chi connectivity index (χ0n) is 17.4. The van der Waals surface area contributed by atoms with Gasteiger partial charge in [-0.25, -0.2) is 0 Å². The molecule has 31 heavy (non-hydrogen) atoms. The number of benzene rings is 2. The fraction of sp³-hybridized carbons (Fsp3) is 0.261. The van der Waals surface area contributed by atoms with Crippen molar-refractivity contribution in [2.45, 2.75) is 39.8 Å². The number of nitrogens with zero attached hydrogens (tertiary/aromatic N) is 2. The molecule has 8 heteroatoms. The van der Waals surface area contributed by atoms with E-state index in [2.05, 4.69) is 35.3 Å². The van der Waals surface area contributed by atoms with E-state index in [4.69, 9.17) is 22.7 Å². The molecule has 2 aromatic carbocycles. The maximum absolute atomic E-state index is 13.0. The van der Waals surface area contributed by atoms with Crippen molar-refractivity contribution in [2.24, 2.45) is 5.73 Å². The number of hydrogen-bond acceptors (Lipinski definition) is 4. The summed E-state index contributed by atoms with van der Waals surface area (Å²) in [5.74, 6) is -0.0288. The number of ether oxygens (including phenoxy) is 1. The Labute approximate surface area is 184 Å². The molecule has 3 rings (SSSR count). The Hall–Kier alpha value is -3.00. The third kappa shape index (κ3) is 5.38. The zero-order chi connectivity index (χ0) is 22.8. The molecular formula is C23H22F3N3OS. The van der Waals surface area contributed by atoms with Gasteiger partial charge in [-0.2, -0.15) is 18.3 Å². The van der Waals surface area contributed by atoms with Crippen LogP contribution in [-0.2, 0) is 19.0 Å². The number of rotatable bonds is 6. The molecule has 0 aliphatic rings. The Morgan fingerprint density at radius 3 is 2.42 bits per heavy atom. The van der Waals surface area contributed by atoms with Crippen LogP contribution in [-0.4, -0.2) is 15.2 Å². The second kappa shape index (κ2) is 9.01. The third-order valence-electron chi connectivity index (χ3n) is 5.01. The van der Waals surface area contributed by atoms with Crippen LogP contribution in [0.4, 0.5) is 13.2 Å². The molecule has 0 aliphatic carbocycles. The van der Waals surface area contributed by atoms with Crippen molar-refractivity contribution >= 4 is 17.2 Å². The first-order valence-electron chi connectivity index (χ1n) is 9.63. The maximum atomic E-state index is 13.0. The van der Waals surface area contributed by atoms with E-state index in [9.17, 15) is 13.2 Å². The van der Waals surface area contributed by atoms with Crippen LogP contribution in [0.3, 0.4) is 0 Å². The van der Waals surface area contributed by atoms with E-state index >= 15 is 0 Å². The number of nitrogens with two attached hydrogens (primary N) is 1. The lowest BCUT2D eigenvalue weighted by atomic mass is 9.96. The fourth-order valence-corrected chi connectivity index (χ4v) is 3.62. The summed E-state index contributed by atoms with van der Waals surface area (Å²) < 4.78 is 44.7. The molecule has 4 nitrogen and oxygen atoms in total.